The molecule has 0 bridgehead atoms. The molecule has 0 saturated carbocycles. The van der Waals surface area contributed by atoms with E-state index < -0.39 is 0 Å². The molecule has 2 aromatic heterocycles. The summed E-state index contributed by atoms with van der Waals surface area (Å²) in [6.07, 6.45) is 3.61. The summed E-state index contributed by atoms with van der Waals surface area (Å²) >= 11 is 0. The van der Waals surface area contributed by atoms with Gasteiger partial charge in [-0.3, -0.25) is 5.01 Å². The number of hydrazone groups is 1. The molecule has 0 unspecified atom stereocenters. The van der Waals surface area contributed by atoms with Gasteiger partial charge in [-0.05, 0) is 31.2 Å². The summed E-state index contributed by atoms with van der Waals surface area (Å²) in [5.41, 5.74) is 0. The first-order valence-corrected chi connectivity index (χ1v) is 6.82. The average molecular weight is 270 g/mol. The molecule has 5 heteroatoms. The fraction of sp³-hybridized carbons (Fsp3) is 0.333. The van der Waals surface area contributed by atoms with Crippen LogP contribution in [0.25, 0.3) is 0 Å². The molecule has 1 aliphatic heterocycles. The van der Waals surface area contributed by atoms with Crippen molar-refractivity contribution in [2.75, 3.05) is 31.1 Å². The summed E-state index contributed by atoms with van der Waals surface area (Å²) < 4.78 is 5.47. The van der Waals surface area contributed by atoms with Gasteiger partial charge >= 0.3 is 0 Å². The summed E-state index contributed by atoms with van der Waals surface area (Å²) in [6.45, 7) is 5.60. The molecule has 2 aromatic rings. The molecule has 0 spiro atoms. The Kier molecular flexibility index (Phi) is 3.67. The lowest BCUT2D eigenvalue weighted by Gasteiger charge is -2.33. The van der Waals surface area contributed by atoms with Gasteiger partial charge in [0.25, 0.3) is 0 Å². The zero-order valence-corrected chi connectivity index (χ0v) is 11.6. The topological polar surface area (TPSA) is 44.9 Å². The van der Waals surface area contributed by atoms with Crippen LogP contribution in [0.15, 0.2) is 46.0 Å². The minimum Gasteiger partial charge on any atom is -0.460 e. The Balaban J connectivity index is 1.55. The van der Waals surface area contributed by atoms with Crippen molar-refractivity contribution in [3.8, 4) is 0 Å². The van der Waals surface area contributed by atoms with Crippen LogP contribution in [-0.4, -0.2) is 42.4 Å². The fourth-order valence-electron chi connectivity index (χ4n) is 2.24. The lowest BCUT2D eigenvalue weighted by Crippen LogP contribution is -2.44. The van der Waals surface area contributed by atoms with Crippen LogP contribution in [0.3, 0.4) is 0 Å². The second kappa shape index (κ2) is 5.77. The highest BCUT2D eigenvalue weighted by Crippen LogP contribution is 2.12. The number of anilines is 1. The normalized spacial score (nSPS) is 16.1. The molecule has 3 rings (SSSR count). The first kappa shape index (κ1) is 12.7. The smallest absolute Gasteiger partial charge is 0.147 e. The maximum atomic E-state index is 5.47. The number of nitrogens with zero attached hydrogens (tertiary/aromatic N) is 4. The maximum absolute atomic E-state index is 5.47. The highest BCUT2D eigenvalue weighted by atomic mass is 16.3. The van der Waals surface area contributed by atoms with Crippen LogP contribution < -0.4 is 4.90 Å². The van der Waals surface area contributed by atoms with Crippen molar-refractivity contribution in [3.05, 3.63) is 48.0 Å². The zero-order chi connectivity index (χ0) is 13.8. The third-order valence-electron chi connectivity index (χ3n) is 3.34. The van der Waals surface area contributed by atoms with Crippen molar-refractivity contribution in [2.24, 2.45) is 5.10 Å². The molecule has 20 heavy (non-hydrogen) atoms. The third-order valence-corrected chi connectivity index (χ3v) is 3.34. The van der Waals surface area contributed by atoms with E-state index in [9.17, 15) is 0 Å². The molecule has 3 heterocycles. The Morgan fingerprint density at radius 2 is 2.00 bits per heavy atom. The predicted octanol–water partition coefficient (Wildman–Crippen LogP) is 2.14. The van der Waals surface area contributed by atoms with E-state index in [1.807, 2.05) is 43.5 Å². The lowest BCUT2D eigenvalue weighted by molar-refractivity contribution is 0.271. The average Bonchev–Trinajstić information content (AvgIpc) is 2.92. The summed E-state index contributed by atoms with van der Waals surface area (Å²) in [7, 11) is 0. The minimum absolute atomic E-state index is 0.801. The minimum atomic E-state index is 0.801. The predicted molar refractivity (Wildman–Crippen MR) is 79.1 cm³/mol. The third kappa shape index (κ3) is 2.99. The van der Waals surface area contributed by atoms with Crippen molar-refractivity contribution in [2.45, 2.75) is 6.92 Å². The van der Waals surface area contributed by atoms with Gasteiger partial charge in [0.05, 0.1) is 19.3 Å². The molecule has 0 amide bonds. The van der Waals surface area contributed by atoms with E-state index in [4.69, 9.17) is 4.42 Å². The molecule has 1 fully saturated rings. The van der Waals surface area contributed by atoms with E-state index >= 15 is 0 Å². The molecular weight excluding hydrogens is 252 g/mol. The van der Waals surface area contributed by atoms with E-state index in [0.29, 0.717) is 0 Å². The van der Waals surface area contributed by atoms with Crippen molar-refractivity contribution in [3.63, 3.8) is 0 Å². The van der Waals surface area contributed by atoms with Gasteiger partial charge in [0.2, 0.25) is 0 Å². The van der Waals surface area contributed by atoms with Gasteiger partial charge in [-0.15, -0.1) is 0 Å². The zero-order valence-electron chi connectivity index (χ0n) is 11.6. The second-order valence-electron chi connectivity index (χ2n) is 4.82. The quantitative estimate of drug-likeness (QED) is 0.802. The molecule has 5 nitrogen and oxygen atoms in total. The highest BCUT2D eigenvalue weighted by molar-refractivity contribution is 5.75. The Hall–Kier alpha value is -2.30. The molecule has 0 aromatic carbocycles. The molecule has 0 aliphatic carbocycles. The van der Waals surface area contributed by atoms with E-state index in [-0.39, 0.29) is 0 Å². The lowest BCUT2D eigenvalue weighted by atomic mass is 10.3. The monoisotopic (exact) mass is 270 g/mol. The first-order valence-electron chi connectivity index (χ1n) is 6.82. The van der Waals surface area contributed by atoms with E-state index in [1.165, 1.54) is 0 Å². The van der Waals surface area contributed by atoms with Gasteiger partial charge in [-0.1, -0.05) is 6.07 Å². The first-order chi connectivity index (χ1) is 9.81. The number of piperazine rings is 1. The van der Waals surface area contributed by atoms with Crippen LogP contribution in [-0.2, 0) is 0 Å². The summed E-state index contributed by atoms with van der Waals surface area (Å²) in [6, 6.07) is 9.88. The van der Waals surface area contributed by atoms with E-state index in [1.54, 1.807) is 6.21 Å². The summed E-state index contributed by atoms with van der Waals surface area (Å²) in [4.78, 5) is 6.66. The van der Waals surface area contributed by atoms with Gasteiger partial charge in [0, 0.05) is 19.3 Å². The summed E-state index contributed by atoms with van der Waals surface area (Å²) in [5, 5.41) is 6.53. The fourth-order valence-corrected chi connectivity index (χ4v) is 2.24. The Labute approximate surface area is 118 Å². The molecular formula is C15H18N4O. The number of furan rings is 1. The van der Waals surface area contributed by atoms with Crippen molar-refractivity contribution >= 4 is 12.0 Å². The SMILES string of the molecule is Cc1ccc(/C=N\N2CCN(c3ccccn3)CC2)o1. The number of hydrogen-bond donors (Lipinski definition) is 0. The van der Waals surface area contributed by atoms with Crippen molar-refractivity contribution in [1.82, 2.24) is 9.99 Å². The Morgan fingerprint density at radius 1 is 1.15 bits per heavy atom. The van der Waals surface area contributed by atoms with Crippen LogP contribution in [0.1, 0.15) is 11.5 Å². The van der Waals surface area contributed by atoms with Gasteiger partial charge in [-0.25, -0.2) is 4.98 Å². The number of hydrogen-bond acceptors (Lipinski definition) is 5. The van der Waals surface area contributed by atoms with Crippen molar-refractivity contribution in [1.29, 1.82) is 0 Å². The van der Waals surface area contributed by atoms with Crippen LogP contribution in [0, 0.1) is 6.92 Å². The number of rotatable bonds is 3. The number of aryl methyl sites for hydroxylation is 1. The van der Waals surface area contributed by atoms with Gasteiger partial charge in [-0.2, -0.15) is 5.10 Å². The van der Waals surface area contributed by atoms with Crippen LogP contribution in [0.4, 0.5) is 5.82 Å². The van der Waals surface area contributed by atoms with Crippen LogP contribution in [0.2, 0.25) is 0 Å². The number of pyridine rings is 1. The van der Waals surface area contributed by atoms with Crippen molar-refractivity contribution < 1.29 is 4.42 Å². The van der Waals surface area contributed by atoms with Gasteiger partial charge in [0.1, 0.15) is 17.3 Å². The maximum Gasteiger partial charge on any atom is 0.147 e. The Bertz CT molecular complexity index is 571. The Morgan fingerprint density at radius 3 is 2.65 bits per heavy atom. The van der Waals surface area contributed by atoms with Crippen LogP contribution in [0.5, 0.6) is 0 Å². The summed E-state index contributed by atoms with van der Waals surface area (Å²) in [5.74, 6) is 2.75. The number of aromatic nitrogens is 1. The molecule has 1 saturated heterocycles. The second-order valence-corrected chi connectivity index (χ2v) is 4.82. The molecule has 0 N–H and O–H groups in total. The molecule has 104 valence electrons. The molecule has 0 atom stereocenters. The van der Waals surface area contributed by atoms with E-state index in [0.717, 1.165) is 43.5 Å². The van der Waals surface area contributed by atoms with Crippen LogP contribution >= 0.6 is 0 Å². The molecule has 1 aliphatic rings. The van der Waals surface area contributed by atoms with Gasteiger partial charge in [0.15, 0.2) is 0 Å². The highest BCUT2D eigenvalue weighted by Gasteiger charge is 2.16. The standard InChI is InChI=1S/C15H18N4O/c1-13-5-6-14(20-13)12-17-19-10-8-18(9-11-19)15-4-2-3-7-16-15/h2-7,12H,8-11H2,1H3/b17-12-. The van der Waals surface area contributed by atoms with E-state index in [2.05, 4.69) is 20.0 Å². The largest absolute Gasteiger partial charge is 0.460 e. The van der Waals surface area contributed by atoms with Gasteiger partial charge < -0.3 is 9.32 Å². The molecule has 0 radical (unpaired) electrons.